The molecule has 1 atom stereocenters. The molecule has 2 aromatic carbocycles. The summed E-state index contributed by atoms with van der Waals surface area (Å²) in [5.74, 6) is -0.235. The molecule has 1 unspecified atom stereocenters. The fourth-order valence-corrected chi connectivity index (χ4v) is 4.60. The first-order chi connectivity index (χ1) is 10.8. The highest BCUT2D eigenvalue weighted by atomic mass is 32.1. The monoisotopic (exact) mass is 324 g/mol. The standard InChI is InChI=1S/C18H12O2S2/c19-17(13-9-21-15-7-3-1-5-11(13)15)18(20)14-10-22-16-8-4-2-6-12(14)16/h1-10,17,19H. The summed E-state index contributed by atoms with van der Waals surface area (Å²) in [5, 5.41) is 16.1. The second kappa shape index (κ2) is 5.32. The molecule has 4 heteroatoms. The Bertz CT molecular complexity index is 981. The fraction of sp³-hybridized carbons (Fsp3) is 0.0556. The van der Waals surface area contributed by atoms with Crippen LogP contribution in [0.4, 0.5) is 0 Å². The topological polar surface area (TPSA) is 37.3 Å². The van der Waals surface area contributed by atoms with Crippen molar-refractivity contribution in [3.8, 4) is 0 Å². The maximum Gasteiger partial charge on any atom is 0.197 e. The highest BCUT2D eigenvalue weighted by Gasteiger charge is 2.24. The molecule has 1 N–H and O–H groups in total. The number of Topliss-reactive ketones (excluding diaryl/α,β-unsaturated/α-hetero) is 1. The van der Waals surface area contributed by atoms with Crippen LogP contribution in [0.1, 0.15) is 22.0 Å². The molecule has 108 valence electrons. The van der Waals surface area contributed by atoms with Crippen molar-refractivity contribution in [1.29, 1.82) is 0 Å². The molecule has 0 bridgehead atoms. The Hall–Kier alpha value is -2.01. The van der Waals surface area contributed by atoms with E-state index in [1.165, 1.54) is 11.3 Å². The van der Waals surface area contributed by atoms with Gasteiger partial charge in [0, 0.05) is 31.3 Å². The van der Waals surface area contributed by atoms with Crippen LogP contribution in [0.2, 0.25) is 0 Å². The van der Waals surface area contributed by atoms with Gasteiger partial charge in [-0.3, -0.25) is 4.79 Å². The largest absolute Gasteiger partial charge is 0.380 e. The molecule has 0 radical (unpaired) electrons. The number of carbonyl (C=O) groups excluding carboxylic acids is 1. The van der Waals surface area contributed by atoms with Gasteiger partial charge in [0.15, 0.2) is 5.78 Å². The SMILES string of the molecule is O=C(c1csc2ccccc12)C(O)c1csc2ccccc12. The lowest BCUT2D eigenvalue weighted by atomic mass is 9.99. The molecule has 0 saturated carbocycles. The molecule has 4 rings (SSSR count). The number of thiophene rings is 2. The number of carbonyl (C=O) groups is 1. The van der Waals surface area contributed by atoms with Crippen molar-refractivity contribution in [1.82, 2.24) is 0 Å². The number of benzene rings is 2. The lowest BCUT2D eigenvalue weighted by molar-refractivity contribution is 0.0753. The number of rotatable bonds is 3. The summed E-state index contributed by atoms with van der Waals surface area (Å²) in [6, 6.07) is 15.6. The van der Waals surface area contributed by atoms with Crippen LogP contribution >= 0.6 is 22.7 Å². The average molecular weight is 324 g/mol. The molecule has 0 spiro atoms. The number of hydrogen-bond donors (Lipinski definition) is 1. The molecule has 2 aromatic heterocycles. The van der Waals surface area contributed by atoms with E-state index >= 15 is 0 Å². The normalized spacial score (nSPS) is 12.8. The summed E-state index contributed by atoms with van der Waals surface area (Å²) >= 11 is 3.08. The first-order valence-electron chi connectivity index (χ1n) is 6.90. The zero-order valence-corrected chi connectivity index (χ0v) is 13.2. The zero-order valence-electron chi connectivity index (χ0n) is 11.5. The number of aliphatic hydroxyl groups excluding tert-OH is 1. The van der Waals surface area contributed by atoms with Gasteiger partial charge in [-0.1, -0.05) is 36.4 Å². The van der Waals surface area contributed by atoms with Crippen LogP contribution in [-0.4, -0.2) is 10.9 Å². The van der Waals surface area contributed by atoms with Gasteiger partial charge in [0.2, 0.25) is 0 Å². The Morgan fingerprint density at radius 2 is 1.45 bits per heavy atom. The summed E-state index contributed by atoms with van der Waals surface area (Å²) in [5.41, 5.74) is 1.30. The average Bonchev–Trinajstić information content (AvgIpc) is 3.17. The Morgan fingerprint density at radius 1 is 0.864 bits per heavy atom. The van der Waals surface area contributed by atoms with Gasteiger partial charge in [-0.15, -0.1) is 22.7 Å². The third-order valence-corrected chi connectivity index (χ3v) is 5.75. The molecule has 0 aliphatic carbocycles. The van der Waals surface area contributed by atoms with Gasteiger partial charge in [0.25, 0.3) is 0 Å². The van der Waals surface area contributed by atoms with Crippen LogP contribution in [0, 0.1) is 0 Å². The molecule has 0 amide bonds. The van der Waals surface area contributed by atoms with E-state index in [0.29, 0.717) is 11.1 Å². The highest BCUT2D eigenvalue weighted by molar-refractivity contribution is 7.17. The molecule has 0 saturated heterocycles. The zero-order chi connectivity index (χ0) is 15.1. The lowest BCUT2D eigenvalue weighted by Gasteiger charge is -2.08. The highest BCUT2D eigenvalue weighted by Crippen LogP contribution is 2.34. The maximum absolute atomic E-state index is 12.7. The predicted octanol–water partition coefficient (Wildman–Crippen LogP) is 5.03. The Morgan fingerprint density at radius 3 is 2.23 bits per heavy atom. The molecule has 2 nitrogen and oxygen atoms in total. The van der Waals surface area contributed by atoms with Crippen molar-refractivity contribution in [2.24, 2.45) is 0 Å². The minimum absolute atomic E-state index is 0.235. The smallest absolute Gasteiger partial charge is 0.197 e. The van der Waals surface area contributed by atoms with Crippen LogP contribution in [0.3, 0.4) is 0 Å². The van der Waals surface area contributed by atoms with Crippen molar-refractivity contribution in [2.75, 3.05) is 0 Å². The summed E-state index contributed by atoms with van der Waals surface area (Å²) in [7, 11) is 0. The van der Waals surface area contributed by atoms with Gasteiger partial charge in [-0.05, 0) is 22.9 Å². The van der Waals surface area contributed by atoms with E-state index in [9.17, 15) is 9.90 Å². The van der Waals surface area contributed by atoms with E-state index in [2.05, 4.69) is 0 Å². The van der Waals surface area contributed by atoms with Crippen LogP contribution in [0.15, 0.2) is 59.3 Å². The summed E-state index contributed by atoms with van der Waals surface area (Å²) in [6.45, 7) is 0. The summed E-state index contributed by atoms with van der Waals surface area (Å²) in [4.78, 5) is 12.7. The van der Waals surface area contributed by atoms with E-state index in [-0.39, 0.29) is 5.78 Å². The lowest BCUT2D eigenvalue weighted by Crippen LogP contribution is -2.11. The Balaban J connectivity index is 1.79. The van der Waals surface area contributed by atoms with E-state index in [1.54, 1.807) is 11.3 Å². The Labute approximate surface area is 135 Å². The van der Waals surface area contributed by atoms with E-state index in [0.717, 1.165) is 20.2 Å². The van der Waals surface area contributed by atoms with Crippen LogP contribution < -0.4 is 0 Å². The number of ketones is 1. The number of hydrogen-bond acceptors (Lipinski definition) is 4. The van der Waals surface area contributed by atoms with Gasteiger partial charge in [-0.25, -0.2) is 0 Å². The minimum atomic E-state index is -1.12. The van der Waals surface area contributed by atoms with Crippen LogP contribution in [-0.2, 0) is 0 Å². The van der Waals surface area contributed by atoms with E-state index < -0.39 is 6.10 Å². The van der Waals surface area contributed by atoms with Crippen molar-refractivity contribution < 1.29 is 9.90 Å². The van der Waals surface area contributed by atoms with Crippen LogP contribution in [0.5, 0.6) is 0 Å². The first-order valence-corrected chi connectivity index (χ1v) is 8.66. The van der Waals surface area contributed by atoms with Gasteiger partial charge < -0.3 is 5.11 Å². The van der Waals surface area contributed by atoms with Crippen molar-refractivity contribution in [3.63, 3.8) is 0 Å². The second-order valence-corrected chi connectivity index (χ2v) is 6.92. The first kappa shape index (κ1) is 13.6. The molecule has 4 aromatic rings. The number of fused-ring (bicyclic) bond motifs is 2. The van der Waals surface area contributed by atoms with Gasteiger partial charge >= 0.3 is 0 Å². The molecular formula is C18H12O2S2. The van der Waals surface area contributed by atoms with E-state index in [4.69, 9.17) is 0 Å². The molecule has 22 heavy (non-hydrogen) atoms. The molecule has 0 aliphatic heterocycles. The van der Waals surface area contributed by atoms with Gasteiger partial charge in [0.1, 0.15) is 6.10 Å². The molecule has 0 aliphatic rings. The van der Waals surface area contributed by atoms with Crippen molar-refractivity contribution in [3.05, 3.63) is 70.4 Å². The quantitative estimate of drug-likeness (QED) is 0.537. The maximum atomic E-state index is 12.7. The second-order valence-electron chi connectivity index (χ2n) is 5.10. The van der Waals surface area contributed by atoms with Crippen LogP contribution in [0.25, 0.3) is 20.2 Å². The summed E-state index contributed by atoms with van der Waals surface area (Å²) < 4.78 is 2.15. The molecule has 0 fully saturated rings. The number of aliphatic hydroxyl groups is 1. The summed E-state index contributed by atoms with van der Waals surface area (Å²) in [6.07, 6.45) is -1.12. The third kappa shape index (κ3) is 2.08. The third-order valence-electron chi connectivity index (χ3n) is 3.80. The molecule has 2 heterocycles. The Kier molecular flexibility index (Phi) is 3.30. The van der Waals surface area contributed by atoms with Crippen molar-refractivity contribution >= 4 is 48.6 Å². The fourth-order valence-electron chi connectivity index (χ4n) is 2.67. The van der Waals surface area contributed by atoms with Crippen molar-refractivity contribution in [2.45, 2.75) is 6.10 Å². The molecular weight excluding hydrogens is 312 g/mol. The minimum Gasteiger partial charge on any atom is -0.380 e. The van der Waals surface area contributed by atoms with Gasteiger partial charge in [-0.2, -0.15) is 0 Å². The van der Waals surface area contributed by atoms with E-state index in [1.807, 2.05) is 59.3 Å². The van der Waals surface area contributed by atoms with Gasteiger partial charge in [0.05, 0.1) is 0 Å². The predicted molar refractivity (Wildman–Crippen MR) is 92.9 cm³/mol.